The lowest BCUT2D eigenvalue weighted by atomic mass is 9.91. The molecule has 0 aromatic heterocycles. The Hall–Kier alpha value is 0.220. The zero-order chi connectivity index (χ0) is 7.98. The molecule has 1 fully saturated rings. The van der Waals surface area contributed by atoms with Gasteiger partial charge in [-0.3, -0.25) is 0 Å². The van der Waals surface area contributed by atoms with Crippen LogP contribution < -0.4 is 0 Å². The fourth-order valence-corrected chi connectivity index (χ4v) is 1.75. The van der Waals surface area contributed by atoms with Crippen molar-refractivity contribution in [3.8, 4) is 0 Å². The quantitative estimate of drug-likeness (QED) is 0.417. The second-order valence-corrected chi connectivity index (χ2v) is 4.15. The van der Waals surface area contributed by atoms with E-state index in [1.165, 1.54) is 25.7 Å². The van der Waals surface area contributed by atoms with Crippen molar-refractivity contribution in [1.82, 2.24) is 0 Å². The zero-order valence-electron chi connectivity index (χ0n) is 6.78. The van der Waals surface area contributed by atoms with E-state index in [-0.39, 0.29) is 0 Å². The van der Waals surface area contributed by atoms with Crippen LogP contribution in [0.2, 0.25) is 0 Å². The minimum Gasteiger partial charge on any atom is -0.106 e. The fraction of sp³-hybridized carbons (Fsp3) is 0.778. The molecule has 0 N–H and O–H groups in total. The summed E-state index contributed by atoms with van der Waals surface area (Å²) in [7, 11) is 0. The van der Waals surface area contributed by atoms with E-state index in [4.69, 9.17) is 0 Å². The van der Waals surface area contributed by atoms with Crippen LogP contribution >= 0.6 is 15.9 Å². The van der Waals surface area contributed by atoms with E-state index in [1.807, 2.05) is 0 Å². The van der Waals surface area contributed by atoms with E-state index in [0.29, 0.717) is 0 Å². The molecule has 10 heavy (non-hydrogen) atoms. The van der Waals surface area contributed by atoms with Crippen LogP contribution in [0.1, 0.15) is 32.6 Å². The standard InChI is InChI=1S/C7H13Br.C2H4/c1-6-2-4-7(8)5-3-6;1-2/h6-7H,2-5H2,1H3;1-2H2. The first-order valence-electron chi connectivity index (χ1n) is 3.93. The van der Waals surface area contributed by atoms with Crippen LogP contribution in [0, 0.1) is 5.92 Å². The van der Waals surface area contributed by atoms with Crippen LogP contribution in [-0.4, -0.2) is 4.83 Å². The van der Waals surface area contributed by atoms with Crippen molar-refractivity contribution >= 4 is 15.9 Å². The van der Waals surface area contributed by atoms with Gasteiger partial charge in [-0.15, -0.1) is 13.2 Å². The Morgan fingerprint density at radius 3 is 1.80 bits per heavy atom. The summed E-state index contributed by atoms with van der Waals surface area (Å²) >= 11 is 3.62. The highest BCUT2D eigenvalue weighted by molar-refractivity contribution is 9.09. The maximum Gasteiger partial charge on any atom is 0.0146 e. The van der Waals surface area contributed by atoms with Gasteiger partial charge in [0.15, 0.2) is 0 Å². The van der Waals surface area contributed by atoms with Crippen LogP contribution in [0.5, 0.6) is 0 Å². The van der Waals surface area contributed by atoms with Gasteiger partial charge in [-0.25, -0.2) is 0 Å². The molecule has 1 saturated carbocycles. The normalized spacial score (nSPS) is 32.2. The smallest absolute Gasteiger partial charge is 0.0146 e. The molecule has 0 aromatic rings. The molecule has 0 aliphatic heterocycles. The molecule has 0 nitrogen and oxygen atoms in total. The molecule has 0 spiro atoms. The molecule has 0 heterocycles. The van der Waals surface area contributed by atoms with E-state index in [2.05, 4.69) is 36.0 Å². The average Bonchev–Trinajstić information content (AvgIpc) is 2.00. The third-order valence-corrected chi connectivity index (χ3v) is 2.86. The second-order valence-electron chi connectivity index (χ2n) is 2.86. The highest BCUT2D eigenvalue weighted by atomic mass is 79.9. The van der Waals surface area contributed by atoms with Gasteiger partial charge in [0, 0.05) is 4.83 Å². The van der Waals surface area contributed by atoms with Crippen LogP contribution in [-0.2, 0) is 0 Å². The van der Waals surface area contributed by atoms with E-state index in [9.17, 15) is 0 Å². The number of alkyl halides is 1. The van der Waals surface area contributed by atoms with Crippen molar-refractivity contribution < 1.29 is 0 Å². The summed E-state index contributed by atoms with van der Waals surface area (Å²) < 4.78 is 0. The summed E-state index contributed by atoms with van der Waals surface area (Å²) in [6.07, 6.45) is 5.63. The first-order chi connectivity index (χ1) is 4.79. The van der Waals surface area contributed by atoms with Gasteiger partial charge in [0.2, 0.25) is 0 Å². The van der Waals surface area contributed by atoms with Crippen molar-refractivity contribution in [1.29, 1.82) is 0 Å². The third-order valence-electron chi connectivity index (χ3n) is 1.95. The van der Waals surface area contributed by atoms with Crippen LogP contribution in [0.3, 0.4) is 0 Å². The highest BCUT2D eigenvalue weighted by Crippen LogP contribution is 2.27. The monoisotopic (exact) mass is 204 g/mol. The van der Waals surface area contributed by atoms with Gasteiger partial charge in [-0.1, -0.05) is 22.9 Å². The van der Waals surface area contributed by atoms with Crippen molar-refractivity contribution in [2.75, 3.05) is 0 Å². The molecule has 60 valence electrons. The average molecular weight is 205 g/mol. The van der Waals surface area contributed by atoms with Crippen LogP contribution in [0.25, 0.3) is 0 Å². The first kappa shape index (κ1) is 10.2. The molecule has 0 saturated heterocycles. The Labute approximate surface area is 72.8 Å². The number of hydrogen-bond acceptors (Lipinski definition) is 0. The summed E-state index contributed by atoms with van der Waals surface area (Å²) in [5.41, 5.74) is 0. The van der Waals surface area contributed by atoms with Crippen molar-refractivity contribution in [3.63, 3.8) is 0 Å². The van der Waals surface area contributed by atoms with Crippen molar-refractivity contribution in [2.24, 2.45) is 5.92 Å². The molecule has 0 radical (unpaired) electrons. The van der Waals surface area contributed by atoms with Gasteiger partial charge >= 0.3 is 0 Å². The lowest BCUT2D eigenvalue weighted by Gasteiger charge is -2.21. The SMILES string of the molecule is C=C.CC1CCC(Br)CC1. The largest absolute Gasteiger partial charge is 0.106 e. The Kier molecular flexibility index (Phi) is 6.10. The maximum absolute atomic E-state index is 3.62. The summed E-state index contributed by atoms with van der Waals surface area (Å²) in [6.45, 7) is 8.35. The number of rotatable bonds is 0. The molecule has 1 rings (SSSR count). The van der Waals surface area contributed by atoms with E-state index in [0.717, 1.165) is 10.7 Å². The number of halogens is 1. The Balaban J connectivity index is 0.000000371. The van der Waals surface area contributed by atoms with Gasteiger partial charge in [0.05, 0.1) is 0 Å². The maximum atomic E-state index is 3.62. The lowest BCUT2D eigenvalue weighted by molar-refractivity contribution is 0.396. The summed E-state index contributed by atoms with van der Waals surface area (Å²) in [5.74, 6) is 0.990. The minimum absolute atomic E-state index is 0.832. The minimum atomic E-state index is 0.832. The molecule has 1 aliphatic carbocycles. The fourth-order valence-electron chi connectivity index (χ4n) is 1.22. The molecule has 0 atom stereocenters. The van der Waals surface area contributed by atoms with Gasteiger partial charge in [-0.2, -0.15) is 0 Å². The topological polar surface area (TPSA) is 0 Å². The molecular weight excluding hydrogens is 188 g/mol. The molecule has 1 aliphatic rings. The number of hydrogen-bond donors (Lipinski definition) is 0. The molecule has 0 aromatic carbocycles. The van der Waals surface area contributed by atoms with Crippen molar-refractivity contribution in [3.05, 3.63) is 13.2 Å². The summed E-state index contributed by atoms with van der Waals surface area (Å²) in [5, 5.41) is 0. The summed E-state index contributed by atoms with van der Waals surface area (Å²) in [4.78, 5) is 0.832. The van der Waals surface area contributed by atoms with E-state index in [1.54, 1.807) is 0 Å². The molecule has 0 unspecified atom stereocenters. The predicted molar refractivity (Wildman–Crippen MR) is 51.6 cm³/mol. The second kappa shape index (κ2) is 5.96. The first-order valence-corrected chi connectivity index (χ1v) is 4.84. The highest BCUT2D eigenvalue weighted by Gasteiger charge is 2.14. The summed E-state index contributed by atoms with van der Waals surface area (Å²) in [6, 6.07) is 0. The third kappa shape index (κ3) is 4.10. The Bertz CT molecular complexity index is 62.8. The molecule has 0 amide bonds. The Morgan fingerprint density at radius 2 is 1.50 bits per heavy atom. The Morgan fingerprint density at radius 1 is 1.10 bits per heavy atom. The van der Waals surface area contributed by atoms with Crippen LogP contribution in [0.4, 0.5) is 0 Å². The molecule has 1 heteroatoms. The van der Waals surface area contributed by atoms with Crippen LogP contribution in [0.15, 0.2) is 13.2 Å². The van der Waals surface area contributed by atoms with Gasteiger partial charge in [-0.05, 0) is 31.6 Å². The van der Waals surface area contributed by atoms with Crippen molar-refractivity contribution in [2.45, 2.75) is 37.4 Å². The zero-order valence-corrected chi connectivity index (χ0v) is 8.36. The molecular formula is C9H17Br. The molecule has 0 bridgehead atoms. The van der Waals surface area contributed by atoms with E-state index >= 15 is 0 Å². The van der Waals surface area contributed by atoms with Gasteiger partial charge in [0.1, 0.15) is 0 Å². The lowest BCUT2D eigenvalue weighted by Crippen LogP contribution is -2.10. The van der Waals surface area contributed by atoms with Gasteiger partial charge < -0.3 is 0 Å². The predicted octanol–water partition coefficient (Wildman–Crippen LogP) is 3.76. The van der Waals surface area contributed by atoms with Gasteiger partial charge in [0.25, 0.3) is 0 Å². The van der Waals surface area contributed by atoms with E-state index < -0.39 is 0 Å².